The molecule has 0 aliphatic heterocycles. The topological polar surface area (TPSA) is 51.8 Å². The highest BCUT2D eigenvalue weighted by molar-refractivity contribution is 5.17. The first-order chi connectivity index (χ1) is 6.37. The molecular formula is C10H15N3. The third-order valence-corrected chi connectivity index (χ3v) is 3.04. The van der Waals surface area contributed by atoms with Gasteiger partial charge in [-0.05, 0) is 25.8 Å². The van der Waals surface area contributed by atoms with Crippen LogP contribution < -0.4 is 5.73 Å². The first-order valence-corrected chi connectivity index (χ1v) is 4.84. The lowest BCUT2D eigenvalue weighted by Crippen LogP contribution is -2.37. The summed E-state index contributed by atoms with van der Waals surface area (Å²) >= 11 is 0. The summed E-state index contributed by atoms with van der Waals surface area (Å²) in [7, 11) is 0. The van der Waals surface area contributed by atoms with Crippen LogP contribution in [0.4, 0.5) is 0 Å². The zero-order valence-electron chi connectivity index (χ0n) is 7.74. The maximum Gasteiger partial charge on any atom is 0.0648 e. The van der Waals surface area contributed by atoms with Gasteiger partial charge in [0.05, 0.1) is 5.69 Å². The van der Waals surface area contributed by atoms with E-state index in [-0.39, 0.29) is 5.41 Å². The average molecular weight is 177 g/mol. The highest BCUT2D eigenvalue weighted by Gasteiger charge is 2.39. The Balaban J connectivity index is 2.22. The smallest absolute Gasteiger partial charge is 0.0648 e. The van der Waals surface area contributed by atoms with E-state index in [1.54, 1.807) is 12.4 Å². The molecule has 0 atom stereocenters. The second-order valence-corrected chi connectivity index (χ2v) is 3.76. The van der Waals surface area contributed by atoms with Crippen LogP contribution in [0.25, 0.3) is 0 Å². The molecule has 1 aliphatic rings. The van der Waals surface area contributed by atoms with Gasteiger partial charge < -0.3 is 5.73 Å². The number of rotatable bonds is 3. The Kier molecular flexibility index (Phi) is 2.27. The van der Waals surface area contributed by atoms with Crippen molar-refractivity contribution in [3.05, 3.63) is 24.3 Å². The lowest BCUT2D eigenvalue weighted by Gasteiger charge is -2.41. The fraction of sp³-hybridized carbons (Fsp3) is 0.600. The summed E-state index contributed by atoms with van der Waals surface area (Å²) < 4.78 is 0. The van der Waals surface area contributed by atoms with E-state index < -0.39 is 0 Å². The quantitative estimate of drug-likeness (QED) is 0.756. The number of nitrogens with zero attached hydrogens (tertiary/aromatic N) is 2. The molecule has 2 rings (SSSR count). The van der Waals surface area contributed by atoms with Crippen molar-refractivity contribution in [2.75, 3.05) is 6.54 Å². The monoisotopic (exact) mass is 177 g/mol. The van der Waals surface area contributed by atoms with Crippen LogP contribution in [0.15, 0.2) is 18.6 Å². The molecule has 1 aromatic rings. The van der Waals surface area contributed by atoms with Crippen molar-refractivity contribution in [1.29, 1.82) is 0 Å². The molecule has 13 heavy (non-hydrogen) atoms. The van der Waals surface area contributed by atoms with Gasteiger partial charge in [0, 0.05) is 24.0 Å². The van der Waals surface area contributed by atoms with Crippen molar-refractivity contribution < 1.29 is 0 Å². The van der Waals surface area contributed by atoms with Crippen molar-refractivity contribution in [3.8, 4) is 0 Å². The van der Waals surface area contributed by atoms with Gasteiger partial charge in [0.15, 0.2) is 0 Å². The van der Waals surface area contributed by atoms with Crippen molar-refractivity contribution in [2.45, 2.75) is 31.1 Å². The number of hydrogen-bond donors (Lipinski definition) is 1. The lowest BCUT2D eigenvalue weighted by atomic mass is 9.65. The minimum absolute atomic E-state index is 0.267. The van der Waals surface area contributed by atoms with Gasteiger partial charge in [-0.1, -0.05) is 6.42 Å². The highest BCUT2D eigenvalue weighted by atomic mass is 14.8. The van der Waals surface area contributed by atoms with E-state index in [4.69, 9.17) is 5.73 Å². The van der Waals surface area contributed by atoms with Gasteiger partial charge in [-0.25, -0.2) is 0 Å². The summed E-state index contributed by atoms with van der Waals surface area (Å²) in [6, 6.07) is 0. The van der Waals surface area contributed by atoms with Crippen molar-refractivity contribution in [3.63, 3.8) is 0 Å². The van der Waals surface area contributed by atoms with E-state index in [0.717, 1.165) is 18.7 Å². The van der Waals surface area contributed by atoms with Gasteiger partial charge in [-0.3, -0.25) is 9.97 Å². The Morgan fingerprint density at radius 3 is 2.69 bits per heavy atom. The molecule has 1 saturated carbocycles. The summed E-state index contributed by atoms with van der Waals surface area (Å²) in [5, 5.41) is 0. The molecule has 2 N–H and O–H groups in total. The molecule has 0 spiro atoms. The van der Waals surface area contributed by atoms with Crippen molar-refractivity contribution >= 4 is 0 Å². The number of aromatic nitrogens is 2. The van der Waals surface area contributed by atoms with Crippen LogP contribution in [0, 0.1) is 0 Å². The normalized spacial score (nSPS) is 19.5. The molecule has 0 amide bonds. The molecule has 1 aromatic heterocycles. The molecule has 70 valence electrons. The Hall–Kier alpha value is -0.960. The molecule has 0 aromatic carbocycles. The Morgan fingerprint density at radius 1 is 1.38 bits per heavy atom. The zero-order valence-corrected chi connectivity index (χ0v) is 7.74. The number of nitrogens with two attached hydrogens (primary N) is 1. The summed E-state index contributed by atoms with van der Waals surface area (Å²) in [5.41, 5.74) is 7.01. The maximum atomic E-state index is 5.61. The van der Waals surface area contributed by atoms with Gasteiger partial charge in [-0.15, -0.1) is 0 Å². The van der Waals surface area contributed by atoms with Crippen LogP contribution in [0.5, 0.6) is 0 Å². The Labute approximate surface area is 78.4 Å². The van der Waals surface area contributed by atoms with E-state index in [9.17, 15) is 0 Å². The largest absolute Gasteiger partial charge is 0.330 e. The number of hydrogen-bond acceptors (Lipinski definition) is 3. The molecule has 0 unspecified atom stereocenters. The SMILES string of the molecule is NCCC1(c2cnccn2)CCC1. The van der Waals surface area contributed by atoms with Crippen LogP contribution in [0.2, 0.25) is 0 Å². The van der Waals surface area contributed by atoms with Gasteiger partial charge in [0.2, 0.25) is 0 Å². The Bertz CT molecular complexity index is 267. The summed E-state index contributed by atoms with van der Waals surface area (Å²) in [5.74, 6) is 0. The fourth-order valence-corrected chi connectivity index (χ4v) is 2.09. The first kappa shape index (κ1) is 8.63. The molecule has 0 radical (unpaired) electrons. The average Bonchev–Trinajstić information content (AvgIpc) is 2.13. The zero-order chi connectivity index (χ0) is 9.15. The van der Waals surface area contributed by atoms with Crippen LogP contribution >= 0.6 is 0 Å². The van der Waals surface area contributed by atoms with Gasteiger partial charge in [-0.2, -0.15) is 0 Å². The van der Waals surface area contributed by atoms with Gasteiger partial charge >= 0.3 is 0 Å². The van der Waals surface area contributed by atoms with E-state index in [1.807, 2.05) is 6.20 Å². The highest BCUT2D eigenvalue weighted by Crippen LogP contribution is 2.44. The van der Waals surface area contributed by atoms with Crippen LogP contribution in [-0.4, -0.2) is 16.5 Å². The predicted molar refractivity (Wildman–Crippen MR) is 51.2 cm³/mol. The van der Waals surface area contributed by atoms with Gasteiger partial charge in [0.25, 0.3) is 0 Å². The van der Waals surface area contributed by atoms with Crippen LogP contribution in [-0.2, 0) is 5.41 Å². The molecule has 3 nitrogen and oxygen atoms in total. The van der Waals surface area contributed by atoms with E-state index in [1.165, 1.54) is 19.3 Å². The van der Waals surface area contributed by atoms with E-state index in [0.29, 0.717) is 0 Å². The van der Waals surface area contributed by atoms with Crippen molar-refractivity contribution in [1.82, 2.24) is 9.97 Å². The van der Waals surface area contributed by atoms with E-state index in [2.05, 4.69) is 9.97 Å². The molecule has 0 saturated heterocycles. The molecule has 1 fully saturated rings. The second kappa shape index (κ2) is 3.42. The minimum atomic E-state index is 0.267. The second-order valence-electron chi connectivity index (χ2n) is 3.76. The summed E-state index contributed by atoms with van der Waals surface area (Å²) in [6.45, 7) is 0.747. The molecule has 1 heterocycles. The fourth-order valence-electron chi connectivity index (χ4n) is 2.09. The standard InChI is InChI=1S/C10H15N3/c11-5-4-10(2-1-3-10)9-8-12-6-7-13-9/h6-8H,1-5,11H2. The first-order valence-electron chi connectivity index (χ1n) is 4.84. The van der Waals surface area contributed by atoms with Crippen LogP contribution in [0.3, 0.4) is 0 Å². The molecular weight excluding hydrogens is 162 g/mol. The van der Waals surface area contributed by atoms with E-state index >= 15 is 0 Å². The summed E-state index contributed by atoms with van der Waals surface area (Å²) in [6.07, 6.45) is 10.2. The minimum Gasteiger partial charge on any atom is -0.330 e. The van der Waals surface area contributed by atoms with Crippen molar-refractivity contribution in [2.24, 2.45) is 5.73 Å². The molecule has 1 aliphatic carbocycles. The van der Waals surface area contributed by atoms with Crippen LogP contribution in [0.1, 0.15) is 31.4 Å². The van der Waals surface area contributed by atoms with Gasteiger partial charge in [0.1, 0.15) is 0 Å². The Morgan fingerprint density at radius 2 is 2.23 bits per heavy atom. The molecule has 0 bridgehead atoms. The third-order valence-electron chi connectivity index (χ3n) is 3.04. The molecule has 3 heteroatoms. The third kappa shape index (κ3) is 1.44. The lowest BCUT2D eigenvalue weighted by molar-refractivity contribution is 0.222. The predicted octanol–water partition coefficient (Wildman–Crippen LogP) is 1.25. The summed E-state index contributed by atoms with van der Waals surface area (Å²) in [4.78, 5) is 8.49. The maximum absolute atomic E-state index is 5.61.